The second-order valence-corrected chi connectivity index (χ2v) is 5.37. The molecule has 1 unspecified atom stereocenters. The predicted molar refractivity (Wildman–Crippen MR) is 82.4 cm³/mol. The van der Waals surface area contributed by atoms with E-state index >= 15 is 0 Å². The first-order valence-electron chi connectivity index (χ1n) is 7.01. The molecule has 2 aromatic rings. The molecule has 3 heteroatoms. The number of nitriles is 1. The summed E-state index contributed by atoms with van der Waals surface area (Å²) >= 11 is 0. The van der Waals surface area contributed by atoms with Gasteiger partial charge in [-0.3, -0.25) is 0 Å². The van der Waals surface area contributed by atoms with E-state index in [9.17, 15) is 5.11 Å². The summed E-state index contributed by atoms with van der Waals surface area (Å²) < 4.78 is 5.89. The molecule has 1 N–H and O–H groups in total. The van der Waals surface area contributed by atoms with Crippen LogP contribution in [-0.4, -0.2) is 5.11 Å². The highest BCUT2D eigenvalue weighted by Gasteiger charge is 2.12. The van der Waals surface area contributed by atoms with Gasteiger partial charge in [-0.2, -0.15) is 5.26 Å². The van der Waals surface area contributed by atoms with Gasteiger partial charge < -0.3 is 9.84 Å². The monoisotopic (exact) mass is 281 g/mol. The largest absolute Gasteiger partial charge is 0.457 e. The third-order valence-electron chi connectivity index (χ3n) is 3.35. The van der Waals surface area contributed by atoms with E-state index in [1.54, 1.807) is 25.1 Å². The molecule has 108 valence electrons. The van der Waals surface area contributed by atoms with Crippen LogP contribution >= 0.6 is 0 Å². The SMILES string of the molecule is CC(C)c1cccc(Oc2cc(C#N)ccc2C(C)O)c1. The summed E-state index contributed by atoms with van der Waals surface area (Å²) in [5.74, 6) is 1.64. The Morgan fingerprint density at radius 3 is 2.48 bits per heavy atom. The summed E-state index contributed by atoms with van der Waals surface area (Å²) in [4.78, 5) is 0. The minimum Gasteiger partial charge on any atom is -0.457 e. The second kappa shape index (κ2) is 6.43. The first-order chi connectivity index (χ1) is 10.0. The lowest BCUT2D eigenvalue weighted by Gasteiger charge is -2.14. The van der Waals surface area contributed by atoms with Crippen molar-refractivity contribution < 1.29 is 9.84 Å². The van der Waals surface area contributed by atoms with Crippen molar-refractivity contribution >= 4 is 0 Å². The third-order valence-corrected chi connectivity index (χ3v) is 3.35. The van der Waals surface area contributed by atoms with E-state index in [1.807, 2.05) is 18.2 Å². The Morgan fingerprint density at radius 1 is 1.10 bits per heavy atom. The second-order valence-electron chi connectivity index (χ2n) is 5.37. The van der Waals surface area contributed by atoms with Crippen molar-refractivity contribution in [2.24, 2.45) is 0 Å². The molecule has 0 radical (unpaired) electrons. The first kappa shape index (κ1) is 15.1. The molecule has 0 fully saturated rings. The van der Waals surface area contributed by atoms with Gasteiger partial charge in [-0.05, 0) is 42.7 Å². The van der Waals surface area contributed by atoms with E-state index in [1.165, 1.54) is 5.56 Å². The van der Waals surface area contributed by atoms with Crippen molar-refractivity contribution in [3.05, 3.63) is 59.2 Å². The summed E-state index contributed by atoms with van der Waals surface area (Å²) in [6.07, 6.45) is -0.652. The summed E-state index contributed by atoms with van der Waals surface area (Å²) in [6, 6.07) is 15.0. The topological polar surface area (TPSA) is 53.2 Å². The molecule has 0 aliphatic heterocycles. The van der Waals surface area contributed by atoms with Gasteiger partial charge in [-0.1, -0.05) is 32.0 Å². The highest BCUT2D eigenvalue weighted by atomic mass is 16.5. The Hall–Kier alpha value is -2.31. The lowest BCUT2D eigenvalue weighted by molar-refractivity contribution is 0.195. The summed E-state index contributed by atoms with van der Waals surface area (Å²) in [6.45, 7) is 5.92. The van der Waals surface area contributed by atoms with Crippen molar-refractivity contribution in [3.8, 4) is 17.6 Å². The van der Waals surface area contributed by atoms with E-state index < -0.39 is 6.10 Å². The Bertz CT molecular complexity index is 669. The number of hydrogen-bond donors (Lipinski definition) is 1. The van der Waals surface area contributed by atoms with Gasteiger partial charge in [0.05, 0.1) is 17.7 Å². The number of aliphatic hydroxyl groups is 1. The van der Waals surface area contributed by atoms with Crippen molar-refractivity contribution in [1.82, 2.24) is 0 Å². The highest BCUT2D eigenvalue weighted by Crippen LogP contribution is 2.31. The van der Waals surface area contributed by atoms with Gasteiger partial charge in [0, 0.05) is 5.56 Å². The number of benzene rings is 2. The summed E-state index contributed by atoms with van der Waals surface area (Å²) in [7, 11) is 0. The zero-order valence-corrected chi connectivity index (χ0v) is 12.5. The van der Waals surface area contributed by atoms with Crippen molar-refractivity contribution in [3.63, 3.8) is 0 Å². The van der Waals surface area contributed by atoms with Crippen LogP contribution in [0.15, 0.2) is 42.5 Å². The number of aliphatic hydroxyl groups excluding tert-OH is 1. The van der Waals surface area contributed by atoms with Crippen LogP contribution in [0.1, 0.15) is 49.5 Å². The van der Waals surface area contributed by atoms with Crippen LogP contribution in [0.2, 0.25) is 0 Å². The molecule has 0 saturated heterocycles. The fourth-order valence-electron chi connectivity index (χ4n) is 2.10. The number of hydrogen-bond acceptors (Lipinski definition) is 3. The van der Waals surface area contributed by atoms with Gasteiger partial charge in [0.2, 0.25) is 0 Å². The Morgan fingerprint density at radius 2 is 1.86 bits per heavy atom. The number of ether oxygens (including phenoxy) is 1. The number of nitrogens with zero attached hydrogens (tertiary/aromatic N) is 1. The third kappa shape index (κ3) is 3.62. The van der Waals surface area contributed by atoms with Gasteiger partial charge in [0.25, 0.3) is 0 Å². The van der Waals surface area contributed by atoms with Crippen molar-refractivity contribution in [2.45, 2.75) is 32.8 Å². The van der Waals surface area contributed by atoms with Crippen LogP contribution in [0.5, 0.6) is 11.5 Å². The van der Waals surface area contributed by atoms with Gasteiger partial charge in [-0.25, -0.2) is 0 Å². The lowest BCUT2D eigenvalue weighted by Crippen LogP contribution is -1.97. The highest BCUT2D eigenvalue weighted by molar-refractivity contribution is 5.46. The van der Waals surface area contributed by atoms with Crippen molar-refractivity contribution in [1.29, 1.82) is 5.26 Å². The van der Waals surface area contributed by atoms with Crippen LogP contribution in [0, 0.1) is 11.3 Å². The molecule has 0 spiro atoms. The molecule has 21 heavy (non-hydrogen) atoms. The molecule has 3 nitrogen and oxygen atoms in total. The lowest BCUT2D eigenvalue weighted by atomic mass is 10.0. The maximum absolute atomic E-state index is 9.83. The Labute approximate surface area is 125 Å². The summed E-state index contributed by atoms with van der Waals surface area (Å²) in [5, 5.41) is 18.8. The molecule has 0 aromatic heterocycles. The zero-order chi connectivity index (χ0) is 15.4. The molecule has 0 bridgehead atoms. The van der Waals surface area contributed by atoms with Crippen LogP contribution < -0.4 is 4.74 Å². The fraction of sp³-hybridized carbons (Fsp3) is 0.278. The Balaban J connectivity index is 2.38. The van der Waals surface area contributed by atoms with Crippen molar-refractivity contribution in [2.75, 3.05) is 0 Å². The predicted octanol–water partition coefficient (Wildman–Crippen LogP) is 4.53. The maximum Gasteiger partial charge on any atom is 0.134 e. The van der Waals surface area contributed by atoms with Crippen LogP contribution in [0.3, 0.4) is 0 Å². The van der Waals surface area contributed by atoms with Gasteiger partial charge in [0.1, 0.15) is 11.5 Å². The quantitative estimate of drug-likeness (QED) is 0.896. The van der Waals surface area contributed by atoms with Crippen LogP contribution in [0.4, 0.5) is 0 Å². The Kier molecular flexibility index (Phi) is 4.62. The average Bonchev–Trinajstić information content (AvgIpc) is 2.47. The minimum absolute atomic E-state index is 0.412. The van der Waals surface area contributed by atoms with Gasteiger partial charge in [0.15, 0.2) is 0 Å². The van der Waals surface area contributed by atoms with E-state index in [-0.39, 0.29) is 0 Å². The average molecular weight is 281 g/mol. The van der Waals surface area contributed by atoms with E-state index in [4.69, 9.17) is 10.00 Å². The molecule has 2 rings (SSSR count). The van der Waals surface area contributed by atoms with Gasteiger partial charge >= 0.3 is 0 Å². The van der Waals surface area contributed by atoms with Gasteiger partial charge in [-0.15, -0.1) is 0 Å². The molecule has 1 atom stereocenters. The molecule has 0 saturated carbocycles. The molecule has 0 heterocycles. The smallest absolute Gasteiger partial charge is 0.134 e. The zero-order valence-electron chi connectivity index (χ0n) is 12.5. The molecule has 2 aromatic carbocycles. The molecule has 0 amide bonds. The molecular weight excluding hydrogens is 262 g/mol. The molecule has 0 aliphatic carbocycles. The molecule has 0 aliphatic rings. The standard InChI is InChI=1S/C18H19NO2/c1-12(2)15-5-4-6-16(10-15)21-18-9-14(11-19)7-8-17(18)13(3)20/h4-10,12-13,20H,1-3H3. The van der Waals surface area contributed by atoms with E-state index in [0.29, 0.717) is 28.5 Å². The number of rotatable bonds is 4. The van der Waals surface area contributed by atoms with Crippen LogP contribution in [0.25, 0.3) is 0 Å². The minimum atomic E-state index is -0.652. The summed E-state index contributed by atoms with van der Waals surface area (Å²) in [5.41, 5.74) is 2.36. The van der Waals surface area contributed by atoms with E-state index in [0.717, 1.165) is 0 Å². The maximum atomic E-state index is 9.83. The first-order valence-corrected chi connectivity index (χ1v) is 7.01. The molecular formula is C18H19NO2. The fourth-order valence-corrected chi connectivity index (χ4v) is 2.10. The normalized spacial score (nSPS) is 12.0. The van der Waals surface area contributed by atoms with Crippen LogP contribution in [-0.2, 0) is 0 Å². The van der Waals surface area contributed by atoms with E-state index in [2.05, 4.69) is 26.0 Å².